The van der Waals surface area contributed by atoms with E-state index in [1.54, 1.807) is 12.1 Å². The first-order chi connectivity index (χ1) is 13.4. The average molecular weight is 407 g/mol. The molecule has 0 aliphatic rings. The molecule has 1 aromatic heterocycles. The molecular weight excluding hydrogens is 375 g/mol. The quantitative estimate of drug-likeness (QED) is 0.550. The number of halogens is 1. The van der Waals surface area contributed by atoms with E-state index < -0.39 is 0 Å². The van der Waals surface area contributed by atoms with E-state index in [0.29, 0.717) is 19.4 Å². The molecule has 0 fully saturated rings. The zero-order valence-corrected chi connectivity index (χ0v) is 18.1. The Hall–Kier alpha value is -2.02. The third-order valence-electron chi connectivity index (χ3n) is 4.51. The first-order valence-electron chi connectivity index (χ1n) is 10.1. The third-order valence-corrected chi connectivity index (χ3v) is 5.30. The summed E-state index contributed by atoms with van der Waals surface area (Å²) in [6.07, 6.45) is 3.00. The Labute approximate surface area is 171 Å². The minimum absolute atomic E-state index is 0.199. The molecule has 154 valence electrons. The van der Waals surface area contributed by atoms with Gasteiger partial charge >= 0.3 is 0 Å². The molecule has 0 unspecified atom stereocenters. The highest BCUT2D eigenvalue weighted by atomic mass is 32.1. The van der Waals surface area contributed by atoms with Crippen molar-refractivity contribution < 1.29 is 9.18 Å². The highest BCUT2D eigenvalue weighted by molar-refractivity contribution is 7.09. The van der Waals surface area contributed by atoms with Crippen LogP contribution in [0.4, 0.5) is 9.52 Å². The average Bonchev–Trinajstić information content (AvgIpc) is 3.11. The SMILES string of the molecule is CCCN(CCC)C(=O)CCN(c1nc(Cc2ccc(F)cc2)ns1)C(C)C. The number of anilines is 1. The zero-order chi connectivity index (χ0) is 20.5. The highest BCUT2D eigenvalue weighted by Gasteiger charge is 2.19. The van der Waals surface area contributed by atoms with Crippen molar-refractivity contribution in [1.29, 1.82) is 0 Å². The number of hydrogen-bond acceptors (Lipinski definition) is 5. The molecule has 0 aliphatic carbocycles. The molecule has 1 heterocycles. The number of carbonyl (C=O) groups is 1. The topological polar surface area (TPSA) is 49.3 Å². The van der Waals surface area contributed by atoms with E-state index in [1.165, 1.54) is 23.7 Å². The second kappa shape index (κ2) is 11.1. The van der Waals surface area contributed by atoms with Gasteiger partial charge in [-0.2, -0.15) is 4.37 Å². The van der Waals surface area contributed by atoms with E-state index in [0.717, 1.165) is 42.5 Å². The summed E-state index contributed by atoms with van der Waals surface area (Å²) in [5, 5.41) is 0.831. The summed E-state index contributed by atoms with van der Waals surface area (Å²) in [5.41, 5.74) is 0.979. The molecule has 0 aliphatic heterocycles. The molecular formula is C21H31FN4OS. The van der Waals surface area contributed by atoms with Crippen molar-refractivity contribution in [3.05, 3.63) is 41.5 Å². The lowest BCUT2D eigenvalue weighted by molar-refractivity contribution is -0.131. The maximum absolute atomic E-state index is 13.1. The van der Waals surface area contributed by atoms with Crippen molar-refractivity contribution in [2.45, 2.75) is 59.4 Å². The van der Waals surface area contributed by atoms with Gasteiger partial charge in [0.05, 0.1) is 0 Å². The number of benzene rings is 1. The lowest BCUT2D eigenvalue weighted by atomic mass is 10.1. The van der Waals surface area contributed by atoms with Crippen molar-refractivity contribution in [1.82, 2.24) is 14.3 Å². The van der Waals surface area contributed by atoms with Gasteiger partial charge in [0.2, 0.25) is 11.0 Å². The summed E-state index contributed by atoms with van der Waals surface area (Å²) < 4.78 is 17.5. The van der Waals surface area contributed by atoms with E-state index in [9.17, 15) is 9.18 Å². The fourth-order valence-corrected chi connectivity index (χ4v) is 3.91. The van der Waals surface area contributed by atoms with E-state index >= 15 is 0 Å². The molecule has 2 aromatic rings. The van der Waals surface area contributed by atoms with Gasteiger partial charge in [0.15, 0.2) is 0 Å². The molecule has 2 rings (SSSR count). The number of aromatic nitrogens is 2. The van der Waals surface area contributed by atoms with E-state index in [-0.39, 0.29) is 17.8 Å². The van der Waals surface area contributed by atoms with Crippen LogP contribution >= 0.6 is 11.5 Å². The minimum atomic E-state index is -0.244. The normalized spacial score (nSPS) is 11.1. The van der Waals surface area contributed by atoms with Crippen LogP contribution in [-0.4, -0.2) is 45.8 Å². The first kappa shape index (κ1) is 22.3. The van der Waals surface area contributed by atoms with E-state index in [4.69, 9.17) is 0 Å². The Morgan fingerprint density at radius 3 is 2.32 bits per heavy atom. The maximum atomic E-state index is 13.1. The zero-order valence-electron chi connectivity index (χ0n) is 17.3. The van der Waals surface area contributed by atoms with Gasteiger partial charge in [-0.3, -0.25) is 4.79 Å². The van der Waals surface area contributed by atoms with Gasteiger partial charge in [-0.15, -0.1) is 0 Å². The van der Waals surface area contributed by atoms with Crippen molar-refractivity contribution in [2.75, 3.05) is 24.5 Å². The van der Waals surface area contributed by atoms with Crippen LogP contribution in [-0.2, 0) is 11.2 Å². The van der Waals surface area contributed by atoms with Crippen LogP contribution in [0, 0.1) is 5.82 Å². The minimum Gasteiger partial charge on any atom is -0.344 e. The molecule has 0 bridgehead atoms. The molecule has 7 heteroatoms. The van der Waals surface area contributed by atoms with Crippen LogP contribution in [0.3, 0.4) is 0 Å². The molecule has 0 saturated carbocycles. The molecule has 5 nitrogen and oxygen atoms in total. The fraction of sp³-hybridized carbons (Fsp3) is 0.571. The number of carbonyl (C=O) groups excluding carboxylic acids is 1. The van der Waals surface area contributed by atoms with Crippen molar-refractivity contribution in [3.8, 4) is 0 Å². The standard InChI is InChI=1S/C21H31FN4OS/c1-5-12-25(13-6-2)20(27)11-14-26(16(3)4)21-23-19(24-28-21)15-17-7-9-18(22)10-8-17/h7-10,16H,5-6,11-15H2,1-4H3. The lowest BCUT2D eigenvalue weighted by Crippen LogP contribution is -2.38. The molecule has 0 spiro atoms. The Balaban J connectivity index is 2.00. The van der Waals surface area contributed by atoms with Gasteiger partial charge < -0.3 is 9.80 Å². The monoisotopic (exact) mass is 406 g/mol. The van der Waals surface area contributed by atoms with Gasteiger partial charge in [-0.05, 0) is 44.4 Å². The van der Waals surface area contributed by atoms with Crippen LogP contribution in [0.2, 0.25) is 0 Å². The van der Waals surface area contributed by atoms with Gasteiger partial charge in [0.1, 0.15) is 11.6 Å². The second-order valence-corrected chi connectivity index (χ2v) is 7.94. The smallest absolute Gasteiger partial charge is 0.224 e. The van der Waals surface area contributed by atoms with Crippen LogP contribution in [0.25, 0.3) is 0 Å². The molecule has 0 atom stereocenters. The Morgan fingerprint density at radius 1 is 1.11 bits per heavy atom. The highest BCUT2D eigenvalue weighted by Crippen LogP contribution is 2.22. The second-order valence-electron chi connectivity index (χ2n) is 7.21. The predicted octanol–water partition coefficient (Wildman–Crippen LogP) is 4.52. The summed E-state index contributed by atoms with van der Waals surface area (Å²) in [5.74, 6) is 0.680. The van der Waals surface area contributed by atoms with Crippen molar-refractivity contribution in [3.63, 3.8) is 0 Å². The molecule has 28 heavy (non-hydrogen) atoms. The van der Waals surface area contributed by atoms with E-state index in [1.807, 2.05) is 4.90 Å². The van der Waals surface area contributed by atoms with E-state index in [2.05, 4.69) is 42.0 Å². The fourth-order valence-electron chi connectivity index (χ4n) is 3.07. The maximum Gasteiger partial charge on any atom is 0.224 e. The molecule has 1 aromatic carbocycles. The molecule has 0 saturated heterocycles. The van der Waals surface area contributed by atoms with Gasteiger partial charge in [0, 0.05) is 50.1 Å². The van der Waals surface area contributed by atoms with Crippen LogP contribution in [0.5, 0.6) is 0 Å². The first-order valence-corrected chi connectivity index (χ1v) is 10.8. The van der Waals surface area contributed by atoms with Crippen LogP contribution in [0.1, 0.15) is 58.3 Å². The van der Waals surface area contributed by atoms with Crippen molar-refractivity contribution in [2.24, 2.45) is 0 Å². The molecule has 0 radical (unpaired) electrons. The third kappa shape index (κ3) is 6.55. The van der Waals surface area contributed by atoms with Crippen molar-refractivity contribution >= 4 is 22.6 Å². The largest absolute Gasteiger partial charge is 0.344 e. The predicted molar refractivity (Wildman–Crippen MR) is 113 cm³/mol. The Kier molecular flexibility index (Phi) is 8.83. The molecule has 1 amide bonds. The summed E-state index contributed by atoms with van der Waals surface area (Å²) >= 11 is 1.35. The summed E-state index contributed by atoms with van der Waals surface area (Å²) in [6.45, 7) is 10.7. The van der Waals surface area contributed by atoms with Gasteiger partial charge in [-0.25, -0.2) is 9.37 Å². The number of rotatable bonds is 11. The summed E-state index contributed by atoms with van der Waals surface area (Å²) in [6, 6.07) is 6.64. The van der Waals surface area contributed by atoms with Crippen LogP contribution in [0.15, 0.2) is 24.3 Å². The van der Waals surface area contributed by atoms with Crippen LogP contribution < -0.4 is 4.90 Å². The number of amides is 1. The number of hydrogen-bond donors (Lipinski definition) is 0. The summed E-state index contributed by atoms with van der Waals surface area (Å²) in [4.78, 5) is 21.3. The molecule has 0 N–H and O–H groups in total. The van der Waals surface area contributed by atoms with Gasteiger partial charge in [-0.1, -0.05) is 26.0 Å². The number of nitrogens with zero attached hydrogens (tertiary/aromatic N) is 4. The Morgan fingerprint density at radius 2 is 1.75 bits per heavy atom. The lowest BCUT2D eigenvalue weighted by Gasteiger charge is -2.27. The Bertz CT molecular complexity index is 726. The summed E-state index contributed by atoms with van der Waals surface area (Å²) in [7, 11) is 0. The van der Waals surface area contributed by atoms with Gasteiger partial charge in [0.25, 0.3) is 0 Å².